The number of amidine groups is 1. The van der Waals surface area contributed by atoms with Crippen LogP contribution in [0.1, 0.15) is 27.7 Å². The van der Waals surface area contributed by atoms with Crippen molar-refractivity contribution >= 4 is 0.877 Å². The third-order valence-corrected chi connectivity index (χ3v) is 6.28. The molecule has 1 aliphatic heterocycles. The van der Waals surface area contributed by atoms with Crippen molar-refractivity contribution < 1.29 is 42.8 Å². The Kier molecular flexibility index (Phi) is 4.09. The first kappa shape index (κ1) is 11.8. The van der Waals surface area contributed by atoms with Gasteiger partial charge in [0.1, 0.15) is 0 Å². The van der Waals surface area contributed by atoms with E-state index in [9.17, 15) is 0 Å². The van der Waals surface area contributed by atoms with Crippen molar-refractivity contribution in [3.05, 3.63) is 0 Å². The average Bonchev–Trinajstić information content (AvgIpc) is 2.28. The second-order valence-electron chi connectivity index (χ2n) is 4.39. The second kappa shape index (κ2) is 4.50. The molecule has 0 aliphatic carbocycles. The molecule has 0 saturated heterocycles. The summed E-state index contributed by atoms with van der Waals surface area (Å²) in [6, 6.07) is 0.516. The Hall–Kier alpha value is 0.738. The molecule has 1 unspecified atom stereocenters. The summed E-state index contributed by atoms with van der Waals surface area (Å²) in [6.45, 7) is 8.96. The monoisotopic (exact) mass is 395 g/mol. The van der Waals surface area contributed by atoms with Crippen LogP contribution in [0.25, 0.3) is 0 Å². The molecule has 0 saturated carbocycles. The van der Waals surface area contributed by atoms with E-state index in [0.717, 1.165) is 0 Å². The predicted octanol–water partition coefficient (Wildman–Crippen LogP) is 1.18. The molecule has 3 nitrogen and oxygen atoms in total. The number of rotatable bonds is 2. The van der Waals surface area contributed by atoms with Crippen LogP contribution in [0.2, 0.25) is 0 Å². The summed E-state index contributed by atoms with van der Waals surface area (Å²) in [4.78, 5) is 2.36. The third-order valence-electron chi connectivity index (χ3n) is 2.56. The van der Waals surface area contributed by atoms with E-state index in [2.05, 4.69) is 49.8 Å². The summed E-state index contributed by atoms with van der Waals surface area (Å²) in [5, 5.41) is 6.90. The van der Waals surface area contributed by atoms with Crippen LogP contribution in [-0.2, 0) is 0 Å². The molecule has 1 aliphatic rings. The van der Waals surface area contributed by atoms with E-state index >= 15 is 0 Å². The molecule has 13 heavy (non-hydrogen) atoms. The van der Waals surface area contributed by atoms with Crippen LogP contribution in [0, 0.1) is 48.7 Å². The van der Waals surface area contributed by atoms with Crippen LogP contribution in [0.4, 0.5) is 0 Å². The fourth-order valence-electron chi connectivity index (χ4n) is 1.84. The van der Waals surface area contributed by atoms with Gasteiger partial charge in [0.2, 0.25) is 0 Å². The minimum atomic E-state index is 0.367. The molecule has 0 fully saturated rings. The van der Waals surface area contributed by atoms with Gasteiger partial charge in [-0.05, 0) is 0 Å². The molecule has 72 valence electrons. The van der Waals surface area contributed by atoms with E-state index < -0.39 is 0 Å². The molecule has 0 radical (unpaired) electrons. The van der Waals surface area contributed by atoms with Crippen LogP contribution in [-0.4, -0.2) is 30.0 Å². The molecular formula is C9H19N3Ra. The van der Waals surface area contributed by atoms with Gasteiger partial charge in [-0.1, -0.05) is 0 Å². The second-order valence-corrected chi connectivity index (χ2v) is 8.07. The van der Waals surface area contributed by atoms with Gasteiger partial charge in [0.15, 0.2) is 0 Å². The maximum absolute atomic E-state index is 4.65. The van der Waals surface area contributed by atoms with E-state index in [-0.39, 0.29) is 0 Å². The van der Waals surface area contributed by atoms with Crippen molar-refractivity contribution in [2.45, 2.75) is 39.9 Å². The zero-order valence-corrected chi connectivity index (χ0v) is 17.8. The summed E-state index contributed by atoms with van der Waals surface area (Å²) >= 11 is 0.367. The Morgan fingerprint density at radius 1 is 1.31 bits per heavy atom. The maximum atomic E-state index is 4.65. The Labute approximate surface area is 110 Å². The van der Waals surface area contributed by atoms with Crippen molar-refractivity contribution in [1.82, 2.24) is 9.91 Å². The quantitative estimate of drug-likeness (QED) is 0.700. The van der Waals surface area contributed by atoms with Gasteiger partial charge in [0.05, 0.1) is 0 Å². The number of nitrogens with zero attached hydrogens (tertiary/aromatic N) is 3. The molecule has 0 aromatic rings. The van der Waals surface area contributed by atoms with Gasteiger partial charge < -0.3 is 0 Å². The Bertz CT molecular complexity index is 213. The fourth-order valence-corrected chi connectivity index (χ4v) is 3.88. The standard InChI is InChI=1S/C9H18N3.Ra.H/c1-7(2)9-11(5)6-10-12(9)8(3)4;;/h7-9H,1-5H3;;. The van der Waals surface area contributed by atoms with E-state index in [0.29, 0.717) is 60.9 Å². The van der Waals surface area contributed by atoms with Gasteiger partial charge in [-0.15, -0.1) is 0 Å². The van der Waals surface area contributed by atoms with Gasteiger partial charge in [0, 0.05) is 0 Å². The molecule has 1 heterocycles. The number of hydrogen-bond donors (Lipinski definition) is 0. The van der Waals surface area contributed by atoms with Crippen LogP contribution >= 0.6 is 0 Å². The van der Waals surface area contributed by atoms with Gasteiger partial charge >= 0.3 is 112 Å². The van der Waals surface area contributed by atoms with Crippen molar-refractivity contribution in [3.63, 3.8) is 0 Å². The molecule has 1 atom stereocenters. The van der Waals surface area contributed by atoms with E-state index in [1.54, 1.807) is 0 Å². The molecule has 4 heteroatoms. The Morgan fingerprint density at radius 2 is 1.85 bits per heavy atom. The van der Waals surface area contributed by atoms with Crippen molar-refractivity contribution in [3.8, 4) is 0 Å². The minimum absolute atomic E-state index is 0.367. The van der Waals surface area contributed by atoms with Crippen molar-refractivity contribution in [2.24, 2.45) is 11.0 Å². The summed E-state index contributed by atoms with van der Waals surface area (Å²) in [6.07, 6.45) is 0.488. The van der Waals surface area contributed by atoms with Gasteiger partial charge in [-0.2, -0.15) is 0 Å². The SMILES string of the molecule is CC(C)C1N(C)[C]([RaH])=NN1C(C)C. The molecular weight excluding hydrogens is 376 g/mol. The zero-order chi connectivity index (χ0) is 10.2. The molecule has 0 N–H and O–H groups in total. The van der Waals surface area contributed by atoms with Crippen LogP contribution in [0.15, 0.2) is 5.10 Å². The van der Waals surface area contributed by atoms with Gasteiger partial charge in [-0.25, -0.2) is 0 Å². The first-order valence-corrected chi connectivity index (χ1v) is 9.12. The normalized spacial score (nSPS) is 23.2. The molecule has 0 spiro atoms. The van der Waals surface area contributed by atoms with Gasteiger partial charge in [-0.3, -0.25) is 0 Å². The average molecular weight is 395 g/mol. The Balaban J connectivity index is 2.83. The third kappa shape index (κ3) is 2.40. The summed E-state index contributed by atoms with van der Waals surface area (Å²) in [7, 11) is 2.17. The number of hydrogen-bond acceptors (Lipinski definition) is 3. The zero-order valence-electron chi connectivity index (χ0n) is 9.57. The first-order chi connectivity index (χ1) is 5.95. The van der Waals surface area contributed by atoms with Crippen LogP contribution in [0.3, 0.4) is 0 Å². The van der Waals surface area contributed by atoms with E-state index in [4.69, 9.17) is 0 Å². The molecule has 0 aromatic heterocycles. The summed E-state index contributed by atoms with van der Waals surface area (Å²) in [5.74, 6) is 0.642. The molecule has 0 bridgehead atoms. The fraction of sp³-hybridized carbons (Fsp3) is 0.889. The number of hydrazone groups is 1. The topological polar surface area (TPSA) is 18.8 Å². The Morgan fingerprint density at radius 3 is 2.15 bits per heavy atom. The van der Waals surface area contributed by atoms with E-state index in [1.165, 1.54) is 0.877 Å². The van der Waals surface area contributed by atoms with Crippen LogP contribution in [0.5, 0.6) is 0 Å². The predicted molar refractivity (Wildman–Crippen MR) is 52.2 cm³/mol. The molecule has 1 rings (SSSR count). The van der Waals surface area contributed by atoms with Gasteiger partial charge in [0.25, 0.3) is 0 Å². The molecule has 0 amide bonds. The molecule has 0 aromatic carbocycles. The van der Waals surface area contributed by atoms with Crippen LogP contribution < -0.4 is 0 Å². The van der Waals surface area contributed by atoms with Crippen molar-refractivity contribution in [1.29, 1.82) is 0 Å². The summed E-state index contributed by atoms with van der Waals surface area (Å²) in [5.41, 5.74) is 0. The van der Waals surface area contributed by atoms with Crippen molar-refractivity contribution in [2.75, 3.05) is 7.05 Å². The summed E-state index contributed by atoms with van der Waals surface area (Å²) < 4.78 is 1.35. The van der Waals surface area contributed by atoms with E-state index in [1.807, 2.05) is 0 Å². The first-order valence-electron chi connectivity index (χ1n) is 5.01.